The van der Waals surface area contributed by atoms with Crippen LogP contribution in [0, 0.1) is 42.9 Å². The van der Waals surface area contributed by atoms with Crippen molar-refractivity contribution in [3.05, 3.63) is 109 Å². The highest BCUT2D eigenvalue weighted by atomic mass is 16.6. The Hall–Kier alpha value is -5.35. The number of hydrogen-bond donors (Lipinski definition) is 0. The zero-order chi connectivity index (χ0) is 24.4. The van der Waals surface area contributed by atoms with Gasteiger partial charge in [0.25, 0.3) is 11.4 Å². The molecule has 0 radical (unpaired) electrons. The van der Waals surface area contributed by atoms with Crippen LogP contribution in [0.15, 0.2) is 66.2 Å². The lowest BCUT2D eigenvalue weighted by Gasteiger charge is -2.10. The Bertz CT molecular complexity index is 1480. The van der Waals surface area contributed by atoms with E-state index in [0.29, 0.717) is 11.1 Å². The van der Waals surface area contributed by atoms with Crippen molar-refractivity contribution in [3.8, 4) is 23.3 Å². The molecule has 0 saturated heterocycles. The molecule has 1 aliphatic carbocycles. The van der Waals surface area contributed by atoms with Gasteiger partial charge in [-0.15, -0.1) is 0 Å². The SMILES string of the molecule is N#CC(C#N)=C1c2cc([N+](=O)[O-])ccc2-c2c(C(=O)OCc3ccccc3)cc([N+](=O)[O-])cc21. The summed E-state index contributed by atoms with van der Waals surface area (Å²) in [6, 6.07) is 18.2. The van der Waals surface area contributed by atoms with E-state index < -0.39 is 27.1 Å². The van der Waals surface area contributed by atoms with Crippen LogP contribution in [0.3, 0.4) is 0 Å². The van der Waals surface area contributed by atoms with Crippen molar-refractivity contribution < 1.29 is 19.4 Å². The van der Waals surface area contributed by atoms with Crippen LogP contribution < -0.4 is 0 Å². The van der Waals surface area contributed by atoms with Gasteiger partial charge in [-0.3, -0.25) is 20.2 Å². The number of esters is 1. The Morgan fingerprint density at radius 3 is 2.12 bits per heavy atom. The highest BCUT2D eigenvalue weighted by Crippen LogP contribution is 2.49. The first kappa shape index (κ1) is 21.9. The first-order valence-corrected chi connectivity index (χ1v) is 9.73. The van der Waals surface area contributed by atoms with Gasteiger partial charge < -0.3 is 4.74 Å². The molecule has 0 aromatic heterocycles. The van der Waals surface area contributed by atoms with Gasteiger partial charge in [-0.25, -0.2) is 4.79 Å². The van der Waals surface area contributed by atoms with E-state index in [4.69, 9.17) is 4.74 Å². The van der Waals surface area contributed by atoms with E-state index in [1.807, 2.05) is 0 Å². The third kappa shape index (κ3) is 3.72. The lowest BCUT2D eigenvalue weighted by Crippen LogP contribution is -2.08. The molecular formula is C24H12N4O6. The number of benzene rings is 3. The summed E-state index contributed by atoms with van der Waals surface area (Å²) in [6.07, 6.45) is 0. The second-order valence-electron chi connectivity index (χ2n) is 7.20. The summed E-state index contributed by atoms with van der Waals surface area (Å²) >= 11 is 0. The lowest BCUT2D eigenvalue weighted by atomic mass is 9.96. The van der Waals surface area contributed by atoms with E-state index in [1.54, 1.807) is 42.5 Å². The predicted molar refractivity (Wildman–Crippen MR) is 118 cm³/mol. The Morgan fingerprint density at radius 1 is 0.853 bits per heavy atom. The molecule has 0 bridgehead atoms. The molecule has 1 aliphatic rings. The fourth-order valence-corrected chi connectivity index (χ4v) is 3.80. The fourth-order valence-electron chi connectivity index (χ4n) is 3.80. The van der Waals surface area contributed by atoms with Crippen LogP contribution in [0.2, 0.25) is 0 Å². The molecule has 0 amide bonds. The van der Waals surface area contributed by atoms with Gasteiger partial charge in [0.15, 0.2) is 0 Å². The van der Waals surface area contributed by atoms with Gasteiger partial charge in [-0.2, -0.15) is 10.5 Å². The van der Waals surface area contributed by atoms with E-state index in [0.717, 1.165) is 12.1 Å². The standard InChI is InChI=1S/C24H12N4O6/c25-11-15(12-26)22-19-8-16(27(30)31)6-7-18(19)23-20(22)9-17(28(32)33)10-21(23)24(29)34-13-14-4-2-1-3-5-14/h1-10H,13H2. The van der Waals surface area contributed by atoms with Crippen LogP contribution in [0.5, 0.6) is 0 Å². The quantitative estimate of drug-likeness (QED) is 0.182. The topological polar surface area (TPSA) is 160 Å². The summed E-state index contributed by atoms with van der Waals surface area (Å²) in [6.45, 7) is -0.0887. The van der Waals surface area contributed by atoms with E-state index in [1.165, 1.54) is 18.2 Å². The number of allylic oxidation sites excluding steroid dienone is 1. The number of nitriles is 2. The maximum absolute atomic E-state index is 13.1. The number of carbonyl (C=O) groups is 1. The second kappa shape index (κ2) is 8.65. The van der Waals surface area contributed by atoms with Crippen molar-refractivity contribution in [3.63, 3.8) is 0 Å². The molecule has 0 saturated carbocycles. The minimum Gasteiger partial charge on any atom is -0.457 e. The van der Waals surface area contributed by atoms with E-state index in [9.17, 15) is 35.5 Å². The number of ether oxygens (including phenoxy) is 1. The molecule has 10 nitrogen and oxygen atoms in total. The average Bonchev–Trinajstić information content (AvgIpc) is 3.17. The summed E-state index contributed by atoms with van der Waals surface area (Å²) in [4.78, 5) is 34.6. The molecule has 10 heteroatoms. The highest BCUT2D eigenvalue weighted by molar-refractivity contribution is 6.11. The van der Waals surface area contributed by atoms with Crippen molar-refractivity contribution in [2.75, 3.05) is 0 Å². The van der Waals surface area contributed by atoms with Crippen LogP contribution in [0.1, 0.15) is 27.0 Å². The van der Waals surface area contributed by atoms with Gasteiger partial charge in [0.1, 0.15) is 24.3 Å². The maximum Gasteiger partial charge on any atom is 0.339 e. The molecule has 0 aliphatic heterocycles. The Kier molecular flexibility index (Phi) is 5.56. The molecule has 0 spiro atoms. The molecular weight excluding hydrogens is 440 g/mol. The minimum atomic E-state index is -0.857. The summed E-state index contributed by atoms with van der Waals surface area (Å²) < 4.78 is 5.38. The molecule has 164 valence electrons. The van der Waals surface area contributed by atoms with Crippen molar-refractivity contribution >= 4 is 22.9 Å². The van der Waals surface area contributed by atoms with Gasteiger partial charge in [0.2, 0.25) is 0 Å². The number of rotatable bonds is 5. The smallest absolute Gasteiger partial charge is 0.339 e. The van der Waals surface area contributed by atoms with Crippen LogP contribution in [0.25, 0.3) is 16.7 Å². The summed E-state index contributed by atoms with van der Waals surface area (Å²) in [7, 11) is 0. The lowest BCUT2D eigenvalue weighted by molar-refractivity contribution is -0.385. The minimum absolute atomic E-state index is 0.0143. The van der Waals surface area contributed by atoms with E-state index in [-0.39, 0.29) is 40.1 Å². The van der Waals surface area contributed by atoms with E-state index in [2.05, 4.69) is 0 Å². The van der Waals surface area contributed by atoms with Crippen molar-refractivity contribution in [2.45, 2.75) is 6.61 Å². The molecule has 0 fully saturated rings. The number of non-ortho nitro benzene ring substituents is 2. The van der Waals surface area contributed by atoms with Crippen molar-refractivity contribution in [2.24, 2.45) is 0 Å². The first-order chi connectivity index (χ1) is 16.3. The summed E-state index contributed by atoms with van der Waals surface area (Å²) in [5.41, 5.74) is 0.124. The number of hydrogen-bond acceptors (Lipinski definition) is 8. The fraction of sp³-hybridized carbons (Fsp3) is 0.0417. The average molecular weight is 452 g/mol. The summed E-state index contributed by atoms with van der Waals surface area (Å²) in [5.74, 6) is -0.857. The second-order valence-corrected chi connectivity index (χ2v) is 7.20. The molecule has 0 heterocycles. The Morgan fingerprint density at radius 2 is 1.50 bits per heavy atom. The zero-order valence-electron chi connectivity index (χ0n) is 17.2. The largest absolute Gasteiger partial charge is 0.457 e. The molecule has 3 aromatic carbocycles. The molecule has 34 heavy (non-hydrogen) atoms. The van der Waals surface area contributed by atoms with Gasteiger partial charge >= 0.3 is 5.97 Å². The number of nitrogens with zero attached hydrogens (tertiary/aromatic N) is 4. The molecule has 4 rings (SSSR count). The molecule has 0 N–H and O–H groups in total. The van der Waals surface area contributed by atoms with Crippen LogP contribution in [0.4, 0.5) is 11.4 Å². The third-order valence-electron chi connectivity index (χ3n) is 5.26. The van der Waals surface area contributed by atoms with Crippen LogP contribution in [-0.4, -0.2) is 15.8 Å². The van der Waals surface area contributed by atoms with Crippen LogP contribution in [-0.2, 0) is 11.3 Å². The number of fused-ring (bicyclic) bond motifs is 3. The monoisotopic (exact) mass is 452 g/mol. The van der Waals surface area contributed by atoms with Gasteiger partial charge in [0, 0.05) is 35.4 Å². The van der Waals surface area contributed by atoms with Crippen molar-refractivity contribution in [1.82, 2.24) is 0 Å². The van der Waals surface area contributed by atoms with E-state index >= 15 is 0 Å². The summed E-state index contributed by atoms with van der Waals surface area (Å²) in [5, 5.41) is 41.9. The first-order valence-electron chi connectivity index (χ1n) is 9.73. The number of nitro groups is 2. The molecule has 0 unspecified atom stereocenters. The molecule has 0 atom stereocenters. The maximum atomic E-state index is 13.1. The van der Waals surface area contributed by atoms with Gasteiger partial charge in [-0.05, 0) is 28.3 Å². The van der Waals surface area contributed by atoms with Gasteiger partial charge in [-0.1, -0.05) is 30.3 Å². The highest BCUT2D eigenvalue weighted by Gasteiger charge is 2.34. The number of nitro benzene ring substituents is 2. The normalized spacial score (nSPS) is 10.9. The zero-order valence-corrected chi connectivity index (χ0v) is 17.2. The van der Waals surface area contributed by atoms with Gasteiger partial charge in [0.05, 0.1) is 15.4 Å². The number of carbonyl (C=O) groups excluding carboxylic acids is 1. The van der Waals surface area contributed by atoms with Crippen LogP contribution >= 0.6 is 0 Å². The Balaban J connectivity index is 1.96. The molecule has 3 aromatic rings. The third-order valence-corrected chi connectivity index (χ3v) is 5.26. The van der Waals surface area contributed by atoms with Crippen molar-refractivity contribution in [1.29, 1.82) is 10.5 Å². The Labute approximate surface area is 191 Å². The predicted octanol–water partition coefficient (Wildman–Crippen LogP) is 4.69.